The number of benzene rings is 2. The molecular formula is C22H28FIN6. The SMILES string of the molecule is CCc1nncn1CCNC(=NCc1ccccc1)N(C)Cc1cccc(F)c1.I. The number of nitrogens with zero attached hydrogens (tertiary/aromatic N) is 5. The lowest BCUT2D eigenvalue weighted by Crippen LogP contribution is -2.40. The van der Waals surface area contributed by atoms with Crippen molar-refractivity contribution in [2.45, 2.75) is 33.0 Å². The second-order valence-corrected chi connectivity index (χ2v) is 6.83. The van der Waals surface area contributed by atoms with E-state index in [4.69, 9.17) is 4.99 Å². The Morgan fingerprint density at radius 1 is 1.13 bits per heavy atom. The third-order valence-electron chi connectivity index (χ3n) is 4.57. The van der Waals surface area contributed by atoms with Crippen LogP contribution in [-0.4, -0.2) is 39.2 Å². The summed E-state index contributed by atoms with van der Waals surface area (Å²) in [6, 6.07) is 16.8. The number of rotatable bonds is 8. The molecule has 0 atom stereocenters. The third kappa shape index (κ3) is 7.08. The molecule has 1 N–H and O–H groups in total. The van der Waals surface area contributed by atoms with Crippen LogP contribution in [0.4, 0.5) is 4.39 Å². The van der Waals surface area contributed by atoms with E-state index in [1.807, 2.05) is 40.8 Å². The van der Waals surface area contributed by atoms with Crippen molar-refractivity contribution in [2.24, 2.45) is 4.99 Å². The zero-order valence-corrected chi connectivity index (χ0v) is 19.7. The van der Waals surface area contributed by atoms with Crippen molar-refractivity contribution in [3.8, 4) is 0 Å². The summed E-state index contributed by atoms with van der Waals surface area (Å²) in [5, 5.41) is 11.5. The first kappa shape index (κ1) is 23.8. The van der Waals surface area contributed by atoms with Crippen LogP contribution in [0.3, 0.4) is 0 Å². The summed E-state index contributed by atoms with van der Waals surface area (Å²) in [6.07, 6.45) is 2.59. The highest BCUT2D eigenvalue weighted by molar-refractivity contribution is 14.0. The molecule has 3 aromatic rings. The number of halogens is 2. The maximum Gasteiger partial charge on any atom is 0.194 e. The Morgan fingerprint density at radius 3 is 2.63 bits per heavy atom. The zero-order valence-electron chi connectivity index (χ0n) is 17.3. The van der Waals surface area contributed by atoms with Gasteiger partial charge in [0.05, 0.1) is 6.54 Å². The Bertz CT molecular complexity index is 928. The summed E-state index contributed by atoms with van der Waals surface area (Å²) in [6.45, 7) is 4.63. The van der Waals surface area contributed by atoms with Crippen LogP contribution in [0.1, 0.15) is 23.9 Å². The molecule has 0 aliphatic heterocycles. The summed E-state index contributed by atoms with van der Waals surface area (Å²) in [4.78, 5) is 6.78. The summed E-state index contributed by atoms with van der Waals surface area (Å²) in [5.41, 5.74) is 2.03. The molecule has 0 unspecified atom stereocenters. The largest absolute Gasteiger partial charge is 0.354 e. The highest BCUT2D eigenvalue weighted by atomic mass is 127. The average molecular weight is 522 g/mol. The number of aryl methyl sites for hydroxylation is 1. The molecule has 0 spiro atoms. The number of aromatic nitrogens is 3. The molecule has 1 heterocycles. The first-order valence-electron chi connectivity index (χ1n) is 9.80. The van der Waals surface area contributed by atoms with Crippen molar-refractivity contribution >= 4 is 29.9 Å². The Balaban J connectivity index is 0.00000320. The summed E-state index contributed by atoms with van der Waals surface area (Å²) < 4.78 is 15.6. The predicted molar refractivity (Wildman–Crippen MR) is 128 cm³/mol. The van der Waals surface area contributed by atoms with Crippen LogP contribution in [0.15, 0.2) is 65.9 Å². The van der Waals surface area contributed by atoms with E-state index in [1.54, 1.807) is 18.5 Å². The van der Waals surface area contributed by atoms with E-state index in [0.717, 1.165) is 35.9 Å². The maximum absolute atomic E-state index is 13.5. The molecule has 1 aromatic heterocycles. The van der Waals surface area contributed by atoms with Crippen LogP contribution in [0.2, 0.25) is 0 Å². The topological polar surface area (TPSA) is 58.3 Å². The fourth-order valence-corrected chi connectivity index (χ4v) is 3.07. The number of nitrogens with one attached hydrogen (secondary N) is 1. The quantitative estimate of drug-likeness (QED) is 0.277. The van der Waals surface area contributed by atoms with Gasteiger partial charge in [0.25, 0.3) is 0 Å². The van der Waals surface area contributed by atoms with Crippen molar-refractivity contribution < 1.29 is 4.39 Å². The molecule has 30 heavy (non-hydrogen) atoms. The van der Waals surface area contributed by atoms with Gasteiger partial charge in [0, 0.05) is 33.1 Å². The van der Waals surface area contributed by atoms with Crippen molar-refractivity contribution in [2.75, 3.05) is 13.6 Å². The number of hydrogen-bond donors (Lipinski definition) is 1. The van der Waals surface area contributed by atoms with Gasteiger partial charge in [-0.15, -0.1) is 34.2 Å². The van der Waals surface area contributed by atoms with Crippen LogP contribution >= 0.6 is 24.0 Å². The van der Waals surface area contributed by atoms with E-state index in [9.17, 15) is 4.39 Å². The predicted octanol–water partition coefficient (Wildman–Crippen LogP) is 3.88. The smallest absolute Gasteiger partial charge is 0.194 e. The van der Waals surface area contributed by atoms with Gasteiger partial charge in [-0.2, -0.15) is 0 Å². The molecule has 0 radical (unpaired) electrons. The Morgan fingerprint density at radius 2 is 1.90 bits per heavy atom. The molecule has 0 bridgehead atoms. The molecule has 6 nitrogen and oxygen atoms in total. The number of aliphatic imine (C=N–C) groups is 1. The van der Waals surface area contributed by atoms with Crippen molar-refractivity contribution in [3.63, 3.8) is 0 Å². The van der Waals surface area contributed by atoms with Crippen LogP contribution in [0.5, 0.6) is 0 Å². The van der Waals surface area contributed by atoms with Gasteiger partial charge in [-0.05, 0) is 23.3 Å². The molecule has 0 amide bonds. The van der Waals surface area contributed by atoms with E-state index in [1.165, 1.54) is 6.07 Å². The summed E-state index contributed by atoms with van der Waals surface area (Å²) in [5.74, 6) is 1.50. The van der Waals surface area contributed by atoms with E-state index >= 15 is 0 Å². The number of guanidine groups is 1. The lowest BCUT2D eigenvalue weighted by molar-refractivity contribution is 0.468. The number of hydrogen-bond acceptors (Lipinski definition) is 3. The fraction of sp³-hybridized carbons (Fsp3) is 0.318. The second-order valence-electron chi connectivity index (χ2n) is 6.83. The van der Waals surface area contributed by atoms with E-state index < -0.39 is 0 Å². The van der Waals surface area contributed by atoms with Gasteiger partial charge in [-0.1, -0.05) is 49.4 Å². The van der Waals surface area contributed by atoms with E-state index in [-0.39, 0.29) is 29.8 Å². The first-order chi connectivity index (χ1) is 14.2. The van der Waals surface area contributed by atoms with Crippen molar-refractivity contribution in [1.82, 2.24) is 25.0 Å². The second kappa shape index (κ2) is 12.3. The highest BCUT2D eigenvalue weighted by Gasteiger charge is 2.09. The molecule has 0 aliphatic rings. The monoisotopic (exact) mass is 522 g/mol. The minimum absolute atomic E-state index is 0. The molecule has 0 saturated heterocycles. The third-order valence-corrected chi connectivity index (χ3v) is 4.57. The summed E-state index contributed by atoms with van der Waals surface area (Å²) >= 11 is 0. The average Bonchev–Trinajstić information content (AvgIpc) is 3.18. The van der Waals surface area contributed by atoms with E-state index in [2.05, 4.69) is 34.6 Å². The summed E-state index contributed by atoms with van der Waals surface area (Å²) in [7, 11) is 1.96. The van der Waals surface area contributed by atoms with Gasteiger partial charge < -0.3 is 14.8 Å². The van der Waals surface area contributed by atoms with Gasteiger partial charge in [0.1, 0.15) is 18.0 Å². The molecule has 2 aromatic carbocycles. The van der Waals surface area contributed by atoms with Crippen LogP contribution in [-0.2, 0) is 26.1 Å². The standard InChI is InChI=1S/C22H27FN6.HI/c1-3-21-27-26-17-29(21)13-12-24-22(25-15-18-8-5-4-6-9-18)28(2)16-19-10-7-11-20(23)14-19;/h4-11,14,17H,3,12-13,15-16H2,1-2H3,(H,24,25);1H. The van der Waals surface area contributed by atoms with Crippen LogP contribution in [0.25, 0.3) is 0 Å². The van der Waals surface area contributed by atoms with Crippen molar-refractivity contribution in [1.29, 1.82) is 0 Å². The van der Waals surface area contributed by atoms with Gasteiger partial charge in [-0.3, -0.25) is 0 Å². The van der Waals surface area contributed by atoms with Gasteiger partial charge in [0.15, 0.2) is 5.96 Å². The maximum atomic E-state index is 13.5. The molecule has 160 valence electrons. The molecular weight excluding hydrogens is 494 g/mol. The van der Waals surface area contributed by atoms with Crippen molar-refractivity contribution in [3.05, 3.63) is 83.7 Å². The molecule has 8 heteroatoms. The van der Waals surface area contributed by atoms with Gasteiger partial charge in [-0.25, -0.2) is 9.38 Å². The Hall–Kier alpha value is -2.49. The van der Waals surface area contributed by atoms with Crippen LogP contribution < -0.4 is 5.32 Å². The molecule has 0 saturated carbocycles. The lowest BCUT2D eigenvalue weighted by Gasteiger charge is -2.23. The highest BCUT2D eigenvalue weighted by Crippen LogP contribution is 2.07. The Labute approximate surface area is 194 Å². The van der Waals surface area contributed by atoms with Crippen LogP contribution in [0, 0.1) is 5.82 Å². The van der Waals surface area contributed by atoms with E-state index in [0.29, 0.717) is 19.6 Å². The van der Waals surface area contributed by atoms with Gasteiger partial charge >= 0.3 is 0 Å². The van der Waals surface area contributed by atoms with Gasteiger partial charge in [0.2, 0.25) is 0 Å². The Kier molecular flexibility index (Phi) is 9.72. The zero-order chi connectivity index (χ0) is 20.5. The minimum atomic E-state index is -0.230. The first-order valence-corrected chi connectivity index (χ1v) is 9.80. The lowest BCUT2D eigenvalue weighted by atomic mass is 10.2. The molecule has 0 aliphatic carbocycles. The molecule has 0 fully saturated rings. The minimum Gasteiger partial charge on any atom is -0.354 e. The fourth-order valence-electron chi connectivity index (χ4n) is 3.07. The molecule has 3 rings (SSSR count). The normalized spacial score (nSPS) is 11.1.